The summed E-state index contributed by atoms with van der Waals surface area (Å²) in [5.41, 5.74) is 1.29. The van der Waals surface area contributed by atoms with Crippen molar-refractivity contribution in [3.63, 3.8) is 0 Å². The van der Waals surface area contributed by atoms with E-state index in [1.54, 1.807) is 30.0 Å². The van der Waals surface area contributed by atoms with Gasteiger partial charge in [0.1, 0.15) is 11.9 Å². The standard InChI is InChI=1S/C35H37F3N4O4/c1-22-18-42(23(2)21-43)33(44)29-17-27(39-34(45)40-30-10-6-8-25-7-4-5-9-28(25)30)15-16-31(29)46-32(22)20-41(3)19-24-11-13-26(14-12-24)35(36,37)38/h4-17,22-23,32,43H,18-21H2,1-3H3,(H2,39,40,45)/t22-,23+,32-/m0/s1. The number of hydrogen-bond acceptors (Lipinski definition) is 5. The van der Waals surface area contributed by atoms with Crippen molar-refractivity contribution in [2.75, 3.05) is 37.4 Å². The van der Waals surface area contributed by atoms with E-state index in [4.69, 9.17) is 4.74 Å². The lowest BCUT2D eigenvalue weighted by Gasteiger charge is -2.38. The average Bonchev–Trinajstić information content (AvgIpc) is 3.02. The van der Waals surface area contributed by atoms with Crippen LogP contribution in [0.2, 0.25) is 0 Å². The third-order valence-corrected chi connectivity index (χ3v) is 8.19. The van der Waals surface area contributed by atoms with Crippen LogP contribution < -0.4 is 15.4 Å². The first-order valence-electron chi connectivity index (χ1n) is 15.1. The number of aliphatic hydroxyl groups is 1. The Balaban J connectivity index is 1.35. The van der Waals surface area contributed by atoms with Gasteiger partial charge in [-0.3, -0.25) is 9.69 Å². The summed E-state index contributed by atoms with van der Waals surface area (Å²) in [7, 11) is 1.86. The molecule has 5 rings (SSSR count). The second kappa shape index (κ2) is 13.8. The van der Waals surface area contributed by atoms with Crippen molar-refractivity contribution in [2.45, 2.75) is 38.7 Å². The number of nitrogens with one attached hydrogen (secondary N) is 2. The number of alkyl halides is 3. The molecule has 46 heavy (non-hydrogen) atoms. The monoisotopic (exact) mass is 634 g/mol. The molecule has 0 radical (unpaired) electrons. The second-order valence-corrected chi connectivity index (χ2v) is 11.8. The van der Waals surface area contributed by atoms with Crippen LogP contribution in [0.15, 0.2) is 84.9 Å². The number of halogens is 3. The summed E-state index contributed by atoms with van der Waals surface area (Å²) in [4.78, 5) is 30.4. The van der Waals surface area contributed by atoms with E-state index in [0.717, 1.165) is 28.5 Å². The zero-order valence-corrected chi connectivity index (χ0v) is 25.8. The maximum atomic E-state index is 13.8. The molecule has 1 aliphatic heterocycles. The topological polar surface area (TPSA) is 94.1 Å². The van der Waals surface area contributed by atoms with Gasteiger partial charge in [-0.2, -0.15) is 13.2 Å². The predicted molar refractivity (Wildman–Crippen MR) is 172 cm³/mol. The van der Waals surface area contributed by atoms with Gasteiger partial charge in [0.05, 0.1) is 29.5 Å². The van der Waals surface area contributed by atoms with Crippen molar-refractivity contribution in [3.8, 4) is 5.75 Å². The molecule has 0 fully saturated rings. The Morgan fingerprint density at radius 1 is 1.04 bits per heavy atom. The summed E-state index contributed by atoms with van der Waals surface area (Å²) in [6.45, 7) is 4.60. The fourth-order valence-corrected chi connectivity index (χ4v) is 5.62. The molecule has 3 N–H and O–H groups in total. The number of anilines is 2. The molecular weight excluding hydrogens is 597 g/mol. The highest BCUT2D eigenvalue weighted by Gasteiger charge is 2.34. The van der Waals surface area contributed by atoms with Gasteiger partial charge >= 0.3 is 12.2 Å². The zero-order valence-electron chi connectivity index (χ0n) is 25.8. The van der Waals surface area contributed by atoms with Gasteiger partial charge < -0.3 is 25.4 Å². The Labute approximate surface area is 265 Å². The van der Waals surface area contributed by atoms with E-state index in [1.165, 1.54) is 12.1 Å². The second-order valence-electron chi connectivity index (χ2n) is 11.8. The number of benzene rings is 4. The van der Waals surface area contributed by atoms with Crippen LogP contribution in [0, 0.1) is 5.92 Å². The van der Waals surface area contributed by atoms with Crippen LogP contribution in [0.25, 0.3) is 10.8 Å². The number of aliphatic hydroxyl groups excluding tert-OH is 1. The summed E-state index contributed by atoms with van der Waals surface area (Å²) < 4.78 is 45.4. The van der Waals surface area contributed by atoms with Gasteiger partial charge in [-0.05, 0) is 61.3 Å². The third-order valence-electron chi connectivity index (χ3n) is 8.19. The van der Waals surface area contributed by atoms with Crippen molar-refractivity contribution in [1.29, 1.82) is 0 Å². The van der Waals surface area contributed by atoms with Gasteiger partial charge in [0, 0.05) is 36.6 Å². The molecule has 0 bridgehead atoms. The fraction of sp³-hybridized carbons (Fsp3) is 0.314. The van der Waals surface area contributed by atoms with Crippen molar-refractivity contribution >= 4 is 34.1 Å². The number of urea groups is 1. The molecule has 0 spiro atoms. The van der Waals surface area contributed by atoms with Gasteiger partial charge in [0.2, 0.25) is 0 Å². The van der Waals surface area contributed by atoms with E-state index < -0.39 is 29.9 Å². The minimum absolute atomic E-state index is 0.148. The molecule has 0 aliphatic carbocycles. The highest BCUT2D eigenvalue weighted by molar-refractivity contribution is 6.07. The first kappa shape index (κ1) is 32.8. The summed E-state index contributed by atoms with van der Waals surface area (Å²) in [5, 5.41) is 17.5. The normalized spacial score (nSPS) is 17.6. The van der Waals surface area contributed by atoms with Gasteiger partial charge in [0.15, 0.2) is 0 Å². The number of hydrogen-bond donors (Lipinski definition) is 3. The molecule has 242 valence electrons. The van der Waals surface area contributed by atoms with E-state index in [0.29, 0.717) is 36.8 Å². The molecule has 4 aromatic rings. The number of carbonyl (C=O) groups is 2. The van der Waals surface area contributed by atoms with Gasteiger partial charge in [-0.25, -0.2) is 4.79 Å². The van der Waals surface area contributed by atoms with Crippen molar-refractivity contribution in [1.82, 2.24) is 9.80 Å². The Morgan fingerprint density at radius 3 is 2.48 bits per heavy atom. The van der Waals surface area contributed by atoms with Crippen LogP contribution >= 0.6 is 0 Å². The van der Waals surface area contributed by atoms with Crippen LogP contribution in [-0.4, -0.2) is 65.7 Å². The summed E-state index contributed by atoms with van der Waals surface area (Å²) in [6.07, 6.45) is -4.79. The molecule has 3 atom stereocenters. The quantitative estimate of drug-likeness (QED) is 0.197. The molecule has 8 nitrogen and oxygen atoms in total. The average molecular weight is 635 g/mol. The van der Waals surface area contributed by atoms with E-state index in [2.05, 4.69) is 10.6 Å². The van der Waals surface area contributed by atoms with Gasteiger partial charge in [-0.15, -0.1) is 0 Å². The Bertz CT molecular complexity index is 1690. The van der Waals surface area contributed by atoms with Gasteiger partial charge in [-0.1, -0.05) is 55.5 Å². The minimum Gasteiger partial charge on any atom is -0.488 e. The lowest BCUT2D eigenvalue weighted by atomic mass is 9.99. The molecule has 0 unspecified atom stereocenters. The van der Waals surface area contributed by atoms with E-state index in [9.17, 15) is 27.9 Å². The summed E-state index contributed by atoms with van der Waals surface area (Å²) in [5.74, 6) is -0.150. The van der Waals surface area contributed by atoms with E-state index in [-0.39, 0.29) is 24.0 Å². The highest BCUT2D eigenvalue weighted by Crippen LogP contribution is 2.32. The number of fused-ring (bicyclic) bond motifs is 2. The van der Waals surface area contributed by atoms with Gasteiger partial charge in [0.25, 0.3) is 5.91 Å². The van der Waals surface area contributed by atoms with E-state index in [1.807, 2.05) is 61.3 Å². The highest BCUT2D eigenvalue weighted by atomic mass is 19.4. The summed E-state index contributed by atoms with van der Waals surface area (Å²) >= 11 is 0. The SMILES string of the molecule is C[C@H](CO)N1C[C@H](C)[C@H](CN(C)Cc2ccc(C(F)(F)F)cc2)Oc2ccc(NC(=O)Nc3cccc4ccccc34)cc2C1=O. The molecule has 11 heteroatoms. The molecular formula is C35H37F3N4O4. The number of carbonyl (C=O) groups excluding carboxylic acids is 2. The molecule has 1 heterocycles. The Morgan fingerprint density at radius 2 is 1.76 bits per heavy atom. The Hall–Kier alpha value is -4.61. The van der Waals surface area contributed by atoms with Crippen LogP contribution in [0.1, 0.15) is 35.3 Å². The molecule has 0 aromatic heterocycles. The number of ether oxygens (including phenoxy) is 1. The maximum absolute atomic E-state index is 13.8. The maximum Gasteiger partial charge on any atom is 0.416 e. The summed E-state index contributed by atoms with van der Waals surface area (Å²) in [6, 6.07) is 22.3. The van der Waals surface area contributed by atoms with Crippen molar-refractivity contribution in [3.05, 3.63) is 102 Å². The van der Waals surface area contributed by atoms with Crippen LogP contribution in [-0.2, 0) is 12.7 Å². The molecule has 3 amide bonds. The van der Waals surface area contributed by atoms with Crippen molar-refractivity contribution in [2.24, 2.45) is 5.92 Å². The van der Waals surface area contributed by atoms with E-state index >= 15 is 0 Å². The number of likely N-dealkylation sites (N-methyl/N-ethyl adjacent to an activating group) is 1. The largest absolute Gasteiger partial charge is 0.488 e. The zero-order chi connectivity index (χ0) is 33.0. The lowest BCUT2D eigenvalue weighted by Crippen LogP contribution is -2.49. The minimum atomic E-state index is -4.40. The molecule has 0 saturated heterocycles. The smallest absolute Gasteiger partial charge is 0.416 e. The van der Waals surface area contributed by atoms with Crippen molar-refractivity contribution < 1.29 is 32.6 Å². The first-order chi connectivity index (χ1) is 21.9. The molecule has 4 aromatic carbocycles. The first-order valence-corrected chi connectivity index (χ1v) is 15.1. The predicted octanol–water partition coefficient (Wildman–Crippen LogP) is 6.85. The fourth-order valence-electron chi connectivity index (χ4n) is 5.62. The van der Waals surface area contributed by atoms with Crippen LogP contribution in [0.5, 0.6) is 5.75 Å². The molecule has 1 aliphatic rings. The van der Waals surface area contributed by atoms with Crippen LogP contribution in [0.4, 0.5) is 29.3 Å². The molecule has 0 saturated carbocycles. The third kappa shape index (κ3) is 7.60. The number of rotatable bonds is 8. The number of nitrogens with zero attached hydrogens (tertiary/aromatic N) is 2. The lowest BCUT2D eigenvalue weighted by molar-refractivity contribution is -0.137. The Kier molecular flexibility index (Phi) is 9.83. The number of amides is 3. The van der Waals surface area contributed by atoms with Crippen LogP contribution in [0.3, 0.4) is 0 Å².